The number of terminal acetylenes is 1. The number of amides is 1. The molecule has 1 fully saturated rings. The van der Waals surface area contributed by atoms with Crippen LogP contribution >= 0.6 is 0 Å². The standard InChI is InChI=1S/C20H27NO2/c1-4-14-23-18-10-12-21(13-11-18)20(22)19(16(2)3)15-17-8-6-5-7-9-17/h1,5-9,16,18-19H,10-15H2,2-3H3. The molecule has 23 heavy (non-hydrogen) atoms. The topological polar surface area (TPSA) is 29.5 Å². The Morgan fingerprint density at radius 2 is 1.96 bits per heavy atom. The molecule has 2 rings (SSSR count). The number of carbonyl (C=O) groups is 1. The molecule has 1 amide bonds. The number of piperidine rings is 1. The van der Waals surface area contributed by atoms with Crippen LogP contribution in [0.5, 0.6) is 0 Å². The normalized spacial score (nSPS) is 17.0. The van der Waals surface area contributed by atoms with Crippen LogP contribution in [0.15, 0.2) is 30.3 Å². The Morgan fingerprint density at radius 1 is 1.30 bits per heavy atom. The summed E-state index contributed by atoms with van der Waals surface area (Å²) in [5.74, 6) is 3.16. The third-order valence-corrected chi connectivity index (χ3v) is 4.58. The Kier molecular flexibility index (Phi) is 6.67. The van der Waals surface area contributed by atoms with E-state index in [2.05, 4.69) is 31.9 Å². The molecular formula is C20H27NO2. The molecule has 0 radical (unpaired) electrons. The van der Waals surface area contributed by atoms with Gasteiger partial charge in [-0.3, -0.25) is 4.79 Å². The fraction of sp³-hybridized carbons (Fsp3) is 0.550. The van der Waals surface area contributed by atoms with Gasteiger partial charge in [0.2, 0.25) is 5.91 Å². The number of hydrogen-bond acceptors (Lipinski definition) is 2. The first-order chi connectivity index (χ1) is 11.1. The summed E-state index contributed by atoms with van der Waals surface area (Å²) in [6, 6.07) is 10.3. The molecule has 1 heterocycles. The van der Waals surface area contributed by atoms with Gasteiger partial charge in [-0.2, -0.15) is 0 Å². The molecule has 0 bridgehead atoms. The van der Waals surface area contributed by atoms with Gasteiger partial charge in [0.25, 0.3) is 0 Å². The molecule has 124 valence electrons. The number of nitrogens with zero attached hydrogens (tertiary/aromatic N) is 1. The van der Waals surface area contributed by atoms with Crippen LogP contribution in [-0.4, -0.2) is 36.6 Å². The van der Waals surface area contributed by atoms with E-state index in [1.807, 2.05) is 23.1 Å². The highest BCUT2D eigenvalue weighted by atomic mass is 16.5. The largest absolute Gasteiger partial charge is 0.365 e. The van der Waals surface area contributed by atoms with Gasteiger partial charge in [0.05, 0.1) is 6.10 Å². The third-order valence-electron chi connectivity index (χ3n) is 4.58. The van der Waals surface area contributed by atoms with E-state index in [0.29, 0.717) is 12.5 Å². The third kappa shape index (κ3) is 5.11. The van der Waals surface area contributed by atoms with E-state index in [1.165, 1.54) is 5.56 Å². The van der Waals surface area contributed by atoms with E-state index in [9.17, 15) is 4.79 Å². The van der Waals surface area contributed by atoms with Gasteiger partial charge in [0.1, 0.15) is 6.61 Å². The predicted octanol–water partition coefficient (Wildman–Crippen LogP) is 3.14. The minimum absolute atomic E-state index is 0.0422. The monoisotopic (exact) mass is 313 g/mol. The van der Waals surface area contributed by atoms with Crippen LogP contribution in [0.4, 0.5) is 0 Å². The molecule has 1 aromatic rings. The zero-order valence-corrected chi connectivity index (χ0v) is 14.2. The zero-order valence-electron chi connectivity index (χ0n) is 14.2. The van der Waals surface area contributed by atoms with Crippen molar-refractivity contribution in [3.63, 3.8) is 0 Å². The second-order valence-corrected chi connectivity index (χ2v) is 6.58. The first kappa shape index (κ1) is 17.6. The van der Waals surface area contributed by atoms with Gasteiger partial charge >= 0.3 is 0 Å². The highest BCUT2D eigenvalue weighted by Crippen LogP contribution is 2.23. The van der Waals surface area contributed by atoms with Gasteiger partial charge in [0, 0.05) is 19.0 Å². The maximum Gasteiger partial charge on any atom is 0.226 e. The Bertz CT molecular complexity index is 524. The van der Waals surface area contributed by atoms with Crippen LogP contribution in [0.1, 0.15) is 32.3 Å². The van der Waals surface area contributed by atoms with E-state index in [1.54, 1.807) is 0 Å². The number of hydrogen-bond donors (Lipinski definition) is 0. The Hall–Kier alpha value is -1.79. The van der Waals surface area contributed by atoms with Gasteiger partial charge in [-0.25, -0.2) is 0 Å². The average molecular weight is 313 g/mol. The number of benzene rings is 1. The molecule has 1 unspecified atom stereocenters. The maximum absolute atomic E-state index is 12.9. The Balaban J connectivity index is 1.93. The van der Waals surface area contributed by atoms with Crippen molar-refractivity contribution >= 4 is 5.91 Å². The molecule has 3 nitrogen and oxygen atoms in total. The van der Waals surface area contributed by atoms with Gasteiger partial charge in [-0.05, 0) is 30.7 Å². The quantitative estimate of drug-likeness (QED) is 0.755. The summed E-state index contributed by atoms with van der Waals surface area (Å²) in [6.45, 7) is 6.17. The predicted molar refractivity (Wildman–Crippen MR) is 92.9 cm³/mol. The van der Waals surface area contributed by atoms with Gasteiger partial charge in [-0.1, -0.05) is 50.1 Å². The van der Waals surface area contributed by atoms with Crippen molar-refractivity contribution in [3.05, 3.63) is 35.9 Å². The first-order valence-electron chi connectivity index (χ1n) is 8.49. The van der Waals surface area contributed by atoms with E-state index in [4.69, 9.17) is 11.2 Å². The van der Waals surface area contributed by atoms with Gasteiger partial charge in [-0.15, -0.1) is 6.42 Å². The van der Waals surface area contributed by atoms with Crippen molar-refractivity contribution in [2.24, 2.45) is 11.8 Å². The van der Waals surface area contributed by atoms with Crippen molar-refractivity contribution < 1.29 is 9.53 Å². The van der Waals surface area contributed by atoms with Crippen LogP contribution in [-0.2, 0) is 16.0 Å². The molecule has 0 aliphatic carbocycles. The van der Waals surface area contributed by atoms with Crippen molar-refractivity contribution in [1.29, 1.82) is 0 Å². The second kappa shape index (κ2) is 8.74. The molecule has 1 saturated heterocycles. The second-order valence-electron chi connectivity index (χ2n) is 6.58. The van der Waals surface area contributed by atoms with Crippen LogP contribution in [0.2, 0.25) is 0 Å². The summed E-state index contributed by atoms with van der Waals surface area (Å²) in [5.41, 5.74) is 1.23. The molecular weight excluding hydrogens is 286 g/mol. The Labute approximate surface area is 140 Å². The highest BCUT2D eigenvalue weighted by molar-refractivity contribution is 5.79. The van der Waals surface area contributed by atoms with Crippen LogP contribution in [0.25, 0.3) is 0 Å². The molecule has 1 atom stereocenters. The molecule has 1 aliphatic rings. The minimum Gasteiger partial charge on any atom is -0.365 e. The Morgan fingerprint density at radius 3 is 2.52 bits per heavy atom. The van der Waals surface area contributed by atoms with Crippen molar-refractivity contribution in [3.8, 4) is 12.3 Å². The van der Waals surface area contributed by atoms with E-state index >= 15 is 0 Å². The zero-order chi connectivity index (χ0) is 16.7. The summed E-state index contributed by atoms with van der Waals surface area (Å²) in [7, 11) is 0. The fourth-order valence-corrected chi connectivity index (χ4v) is 3.12. The lowest BCUT2D eigenvalue weighted by Crippen LogP contribution is -2.45. The van der Waals surface area contributed by atoms with E-state index < -0.39 is 0 Å². The number of ether oxygens (including phenoxy) is 1. The molecule has 1 aromatic carbocycles. The lowest BCUT2D eigenvalue weighted by Gasteiger charge is -2.35. The average Bonchev–Trinajstić information content (AvgIpc) is 2.58. The number of carbonyl (C=O) groups excluding carboxylic acids is 1. The van der Waals surface area contributed by atoms with Gasteiger partial charge in [0.15, 0.2) is 0 Å². The first-order valence-corrected chi connectivity index (χ1v) is 8.49. The molecule has 0 aromatic heterocycles. The summed E-state index contributed by atoms with van der Waals surface area (Å²) in [5, 5.41) is 0. The highest BCUT2D eigenvalue weighted by Gasteiger charge is 2.30. The number of rotatable bonds is 6. The summed E-state index contributed by atoms with van der Waals surface area (Å²) < 4.78 is 5.59. The molecule has 0 saturated carbocycles. The van der Waals surface area contributed by atoms with Crippen LogP contribution < -0.4 is 0 Å². The number of likely N-dealkylation sites (tertiary alicyclic amines) is 1. The molecule has 0 N–H and O–H groups in total. The molecule has 1 aliphatic heterocycles. The fourth-order valence-electron chi connectivity index (χ4n) is 3.12. The van der Waals surface area contributed by atoms with Crippen LogP contribution in [0.3, 0.4) is 0 Å². The lowest BCUT2D eigenvalue weighted by atomic mass is 9.87. The molecule has 3 heteroatoms. The van der Waals surface area contributed by atoms with Crippen LogP contribution in [0, 0.1) is 24.2 Å². The maximum atomic E-state index is 12.9. The molecule has 0 spiro atoms. The van der Waals surface area contributed by atoms with Crippen molar-refractivity contribution in [1.82, 2.24) is 4.90 Å². The SMILES string of the molecule is C#CCOC1CCN(C(=O)C(Cc2ccccc2)C(C)C)CC1. The summed E-state index contributed by atoms with van der Waals surface area (Å²) in [4.78, 5) is 14.9. The van der Waals surface area contributed by atoms with Crippen molar-refractivity contribution in [2.75, 3.05) is 19.7 Å². The smallest absolute Gasteiger partial charge is 0.226 e. The summed E-state index contributed by atoms with van der Waals surface area (Å²) in [6.07, 6.45) is 7.99. The lowest BCUT2D eigenvalue weighted by molar-refractivity contribution is -0.139. The van der Waals surface area contributed by atoms with Crippen molar-refractivity contribution in [2.45, 2.75) is 39.2 Å². The van der Waals surface area contributed by atoms with E-state index in [-0.39, 0.29) is 17.9 Å². The van der Waals surface area contributed by atoms with Gasteiger partial charge < -0.3 is 9.64 Å². The van der Waals surface area contributed by atoms with E-state index in [0.717, 1.165) is 32.4 Å². The summed E-state index contributed by atoms with van der Waals surface area (Å²) >= 11 is 0. The minimum atomic E-state index is 0.0422.